The Morgan fingerprint density at radius 1 is 1.69 bits per heavy atom. The van der Waals surface area contributed by atoms with Gasteiger partial charge >= 0.3 is 0 Å². The van der Waals surface area contributed by atoms with Crippen LogP contribution in [0, 0.1) is 23.7 Å². The molecule has 0 rings (SSSR count). The van der Waals surface area contributed by atoms with Gasteiger partial charge in [0.15, 0.2) is 0 Å². The van der Waals surface area contributed by atoms with Crippen LogP contribution in [0.2, 0.25) is 0 Å². The fraction of sp³-hybridized carbons (Fsp3) is 0.556. The molecule has 0 aliphatic rings. The fourth-order valence-electron chi connectivity index (χ4n) is 0.703. The summed E-state index contributed by atoms with van der Waals surface area (Å²) in [5, 5.41) is 11.4. The first-order valence-electron chi connectivity index (χ1n) is 3.88. The highest BCUT2D eigenvalue weighted by Crippen LogP contribution is 1.93. The molecule has 0 radical (unpaired) electrons. The van der Waals surface area contributed by atoms with Gasteiger partial charge in [0.25, 0.3) is 0 Å². The number of rotatable bonds is 4. The molecule has 1 atom stereocenters. The predicted molar refractivity (Wildman–Crippen MR) is 49.5 cm³/mol. The number of amides is 1. The van der Waals surface area contributed by atoms with Crippen LogP contribution in [0.4, 0.5) is 0 Å². The van der Waals surface area contributed by atoms with E-state index in [9.17, 15) is 4.79 Å². The first kappa shape index (κ1) is 11.5. The van der Waals surface area contributed by atoms with E-state index in [0.717, 1.165) is 0 Å². The molecule has 1 N–H and O–H groups in total. The lowest BCUT2D eigenvalue weighted by Gasteiger charge is -2.13. The average Bonchev–Trinajstić information content (AvgIpc) is 2.11. The number of carbonyl (C=O) groups is 1. The fourth-order valence-corrected chi connectivity index (χ4v) is 0.703. The van der Waals surface area contributed by atoms with Gasteiger partial charge in [-0.25, -0.2) is 0 Å². The highest BCUT2D eigenvalue weighted by Gasteiger charge is 2.12. The molecular formula is C9H13N3O. The molecule has 0 aliphatic heterocycles. The van der Waals surface area contributed by atoms with Crippen molar-refractivity contribution in [2.75, 3.05) is 20.6 Å². The van der Waals surface area contributed by atoms with E-state index in [1.807, 2.05) is 6.07 Å². The second-order valence-corrected chi connectivity index (χ2v) is 2.76. The third-order valence-electron chi connectivity index (χ3n) is 1.48. The summed E-state index contributed by atoms with van der Waals surface area (Å²) in [6, 6.07) is 1.47. The number of carbonyl (C=O) groups excluding carboxylic acids is 1. The molecule has 4 heteroatoms. The minimum atomic E-state index is -0.494. The van der Waals surface area contributed by atoms with Crippen molar-refractivity contribution >= 4 is 5.91 Å². The Hall–Kier alpha value is -1.52. The van der Waals surface area contributed by atoms with Crippen LogP contribution in [0.3, 0.4) is 0 Å². The molecule has 70 valence electrons. The molecule has 0 heterocycles. The summed E-state index contributed by atoms with van der Waals surface area (Å²) in [6.45, 7) is 0.304. The van der Waals surface area contributed by atoms with Crippen molar-refractivity contribution in [3.05, 3.63) is 0 Å². The van der Waals surface area contributed by atoms with E-state index >= 15 is 0 Å². The monoisotopic (exact) mass is 179 g/mol. The predicted octanol–water partition coefficient (Wildman–Crippen LogP) is -0.420. The van der Waals surface area contributed by atoms with Gasteiger partial charge in [-0.3, -0.25) is 10.1 Å². The van der Waals surface area contributed by atoms with E-state index in [1.54, 1.807) is 14.1 Å². The quantitative estimate of drug-likeness (QED) is 0.596. The van der Waals surface area contributed by atoms with Gasteiger partial charge in [0, 0.05) is 14.1 Å². The standard InChI is InChI=1S/C9H13N3O/c1-4-5-11-8(7-10)6-9(13)12(2)3/h1,8,11H,5-6H2,2-3H3. The van der Waals surface area contributed by atoms with Gasteiger partial charge in [-0.2, -0.15) is 5.26 Å². The second-order valence-electron chi connectivity index (χ2n) is 2.76. The summed E-state index contributed by atoms with van der Waals surface area (Å²) in [4.78, 5) is 12.6. The summed E-state index contributed by atoms with van der Waals surface area (Å²) in [5.41, 5.74) is 0. The molecule has 0 fully saturated rings. The minimum absolute atomic E-state index is 0.0870. The maximum absolute atomic E-state index is 11.2. The zero-order valence-electron chi connectivity index (χ0n) is 7.87. The summed E-state index contributed by atoms with van der Waals surface area (Å²) in [5.74, 6) is 2.26. The van der Waals surface area contributed by atoms with Gasteiger partial charge in [-0.1, -0.05) is 5.92 Å². The SMILES string of the molecule is C#CCNC(C#N)CC(=O)N(C)C. The van der Waals surface area contributed by atoms with Crippen LogP contribution in [0.25, 0.3) is 0 Å². The van der Waals surface area contributed by atoms with Crippen LogP contribution in [-0.2, 0) is 4.79 Å². The van der Waals surface area contributed by atoms with E-state index in [1.165, 1.54) is 4.90 Å². The van der Waals surface area contributed by atoms with Gasteiger partial charge in [-0.05, 0) is 0 Å². The largest absolute Gasteiger partial charge is 0.349 e. The highest BCUT2D eigenvalue weighted by atomic mass is 16.2. The molecule has 0 spiro atoms. The molecule has 0 saturated heterocycles. The molecular weight excluding hydrogens is 166 g/mol. The van der Waals surface area contributed by atoms with Crippen molar-refractivity contribution in [2.24, 2.45) is 0 Å². The van der Waals surface area contributed by atoms with Crippen LogP contribution in [0.5, 0.6) is 0 Å². The number of nitrogens with one attached hydrogen (secondary N) is 1. The molecule has 0 aromatic rings. The molecule has 4 nitrogen and oxygen atoms in total. The molecule has 13 heavy (non-hydrogen) atoms. The molecule has 0 saturated carbocycles. The molecule has 0 bridgehead atoms. The lowest BCUT2D eigenvalue weighted by molar-refractivity contribution is -0.128. The molecule has 0 aliphatic carbocycles. The zero-order chi connectivity index (χ0) is 10.3. The normalized spacial score (nSPS) is 11.1. The number of hydrogen-bond acceptors (Lipinski definition) is 3. The van der Waals surface area contributed by atoms with Crippen molar-refractivity contribution in [1.29, 1.82) is 5.26 Å². The Bertz CT molecular complexity index is 247. The smallest absolute Gasteiger partial charge is 0.224 e. The van der Waals surface area contributed by atoms with Crippen LogP contribution in [0.1, 0.15) is 6.42 Å². The third kappa shape index (κ3) is 4.84. The Labute approximate surface area is 78.5 Å². The van der Waals surface area contributed by atoms with Crippen LogP contribution in [-0.4, -0.2) is 37.5 Å². The summed E-state index contributed by atoms with van der Waals surface area (Å²) < 4.78 is 0. The summed E-state index contributed by atoms with van der Waals surface area (Å²) >= 11 is 0. The average molecular weight is 179 g/mol. The van der Waals surface area contributed by atoms with Crippen LogP contribution < -0.4 is 5.32 Å². The Balaban J connectivity index is 3.94. The van der Waals surface area contributed by atoms with Gasteiger partial charge in [0.05, 0.1) is 19.0 Å². The number of terminal acetylenes is 1. The maximum Gasteiger partial charge on any atom is 0.224 e. The number of hydrogen-bond donors (Lipinski definition) is 1. The highest BCUT2D eigenvalue weighted by molar-refractivity contribution is 5.76. The van der Waals surface area contributed by atoms with Crippen molar-refractivity contribution in [3.8, 4) is 18.4 Å². The molecule has 0 aromatic carbocycles. The Morgan fingerprint density at radius 2 is 2.31 bits per heavy atom. The Kier molecular flexibility index (Phi) is 5.34. The molecule has 0 aromatic heterocycles. The van der Waals surface area contributed by atoms with Gasteiger partial charge < -0.3 is 4.90 Å². The van der Waals surface area contributed by atoms with Crippen molar-refractivity contribution in [1.82, 2.24) is 10.2 Å². The van der Waals surface area contributed by atoms with E-state index in [4.69, 9.17) is 11.7 Å². The lowest BCUT2D eigenvalue weighted by Crippen LogP contribution is -2.34. The lowest BCUT2D eigenvalue weighted by atomic mass is 10.2. The van der Waals surface area contributed by atoms with E-state index in [2.05, 4.69) is 11.2 Å². The zero-order valence-corrected chi connectivity index (χ0v) is 7.87. The number of nitrogens with zero attached hydrogens (tertiary/aromatic N) is 2. The molecule has 1 unspecified atom stereocenters. The van der Waals surface area contributed by atoms with Crippen LogP contribution in [0.15, 0.2) is 0 Å². The van der Waals surface area contributed by atoms with E-state index in [-0.39, 0.29) is 12.3 Å². The summed E-state index contributed by atoms with van der Waals surface area (Å²) in [6.07, 6.45) is 5.16. The van der Waals surface area contributed by atoms with Crippen molar-refractivity contribution in [3.63, 3.8) is 0 Å². The first-order chi connectivity index (χ1) is 6.11. The first-order valence-corrected chi connectivity index (χ1v) is 3.88. The van der Waals surface area contributed by atoms with Crippen molar-refractivity contribution < 1.29 is 4.79 Å². The van der Waals surface area contributed by atoms with Gasteiger partial charge in [-0.15, -0.1) is 6.42 Å². The van der Waals surface area contributed by atoms with Crippen LogP contribution >= 0.6 is 0 Å². The Morgan fingerprint density at radius 3 is 2.69 bits per heavy atom. The van der Waals surface area contributed by atoms with E-state index in [0.29, 0.717) is 6.54 Å². The minimum Gasteiger partial charge on any atom is -0.349 e. The second kappa shape index (κ2) is 6.05. The molecule has 1 amide bonds. The maximum atomic E-state index is 11.2. The number of nitriles is 1. The van der Waals surface area contributed by atoms with Gasteiger partial charge in [0.2, 0.25) is 5.91 Å². The summed E-state index contributed by atoms with van der Waals surface area (Å²) in [7, 11) is 3.30. The topological polar surface area (TPSA) is 56.1 Å². The van der Waals surface area contributed by atoms with Crippen molar-refractivity contribution in [2.45, 2.75) is 12.5 Å². The third-order valence-corrected chi connectivity index (χ3v) is 1.48. The van der Waals surface area contributed by atoms with E-state index < -0.39 is 6.04 Å². The van der Waals surface area contributed by atoms with Gasteiger partial charge in [0.1, 0.15) is 6.04 Å².